The molecule has 1 rings (SSSR count). The van der Waals surface area contributed by atoms with Crippen LogP contribution in [0.15, 0.2) is 24.3 Å². The summed E-state index contributed by atoms with van der Waals surface area (Å²) in [5.74, 6) is -0.257. The molecule has 0 aromatic heterocycles. The first-order chi connectivity index (χ1) is 9.42. The van der Waals surface area contributed by atoms with Gasteiger partial charge in [0.15, 0.2) is 0 Å². The molecule has 0 unspecified atom stereocenters. The lowest BCUT2D eigenvalue weighted by Crippen LogP contribution is -2.43. The van der Waals surface area contributed by atoms with Gasteiger partial charge in [-0.05, 0) is 24.5 Å². The van der Waals surface area contributed by atoms with Gasteiger partial charge in [0.05, 0.1) is 7.11 Å². The number of urea groups is 1. The van der Waals surface area contributed by atoms with Crippen molar-refractivity contribution in [1.29, 1.82) is 0 Å². The van der Waals surface area contributed by atoms with Crippen LogP contribution in [0.1, 0.15) is 20.3 Å². The molecule has 1 aromatic rings. The smallest absolute Gasteiger partial charge is 0.326 e. The fourth-order valence-corrected chi connectivity index (χ4v) is 1.72. The number of carboxylic acid groups (broad SMARTS) is 1. The SMILES string of the molecule is COc1cccc(NC(=O)N[C@@H](CC(C)C)C(=O)O)c1. The largest absolute Gasteiger partial charge is 0.497 e. The monoisotopic (exact) mass is 280 g/mol. The summed E-state index contributed by atoms with van der Waals surface area (Å²) in [4.78, 5) is 22.8. The summed E-state index contributed by atoms with van der Waals surface area (Å²) in [6, 6.07) is 5.38. The van der Waals surface area contributed by atoms with E-state index in [0.717, 1.165) is 0 Å². The second-order valence-corrected chi connectivity index (χ2v) is 4.85. The third-order valence-corrected chi connectivity index (χ3v) is 2.64. The van der Waals surface area contributed by atoms with Crippen LogP contribution in [-0.2, 0) is 4.79 Å². The molecular formula is C14H20N2O4. The average Bonchev–Trinajstić information content (AvgIpc) is 2.37. The summed E-state index contributed by atoms with van der Waals surface area (Å²) in [6.45, 7) is 3.80. The number of ether oxygens (including phenoxy) is 1. The van der Waals surface area contributed by atoms with Gasteiger partial charge in [-0.15, -0.1) is 0 Å². The number of hydrogen-bond donors (Lipinski definition) is 3. The minimum atomic E-state index is -1.04. The van der Waals surface area contributed by atoms with Gasteiger partial charge in [0.1, 0.15) is 11.8 Å². The zero-order valence-electron chi connectivity index (χ0n) is 11.8. The number of rotatable bonds is 6. The van der Waals surface area contributed by atoms with Crippen LogP contribution in [0, 0.1) is 5.92 Å². The molecule has 0 aliphatic carbocycles. The summed E-state index contributed by atoms with van der Waals surface area (Å²) < 4.78 is 5.04. The van der Waals surface area contributed by atoms with Crippen LogP contribution < -0.4 is 15.4 Å². The molecule has 0 heterocycles. The van der Waals surface area contributed by atoms with Gasteiger partial charge in [0.2, 0.25) is 0 Å². The Kier molecular flexibility index (Phi) is 5.83. The molecule has 6 heteroatoms. The standard InChI is InChI=1S/C14H20N2O4/c1-9(2)7-12(13(17)18)16-14(19)15-10-5-4-6-11(8-10)20-3/h4-6,8-9,12H,7H2,1-3H3,(H,17,18)(H2,15,16,19)/t12-/m0/s1. The van der Waals surface area contributed by atoms with Crippen LogP contribution in [0.4, 0.5) is 10.5 Å². The Morgan fingerprint density at radius 1 is 1.35 bits per heavy atom. The van der Waals surface area contributed by atoms with Crippen LogP contribution in [-0.4, -0.2) is 30.3 Å². The van der Waals surface area contributed by atoms with Crippen LogP contribution in [0.25, 0.3) is 0 Å². The van der Waals surface area contributed by atoms with Gasteiger partial charge in [0.25, 0.3) is 0 Å². The summed E-state index contributed by atoms with van der Waals surface area (Å²) in [5.41, 5.74) is 0.538. The number of methoxy groups -OCH3 is 1. The third kappa shape index (κ3) is 5.17. The van der Waals surface area contributed by atoms with E-state index < -0.39 is 18.0 Å². The quantitative estimate of drug-likeness (QED) is 0.746. The van der Waals surface area contributed by atoms with E-state index in [0.29, 0.717) is 17.9 Å². The predicted octanol–water partition coefficient (Wildman–Crippen LogP) is 2.32. The highest BCUT2D eigenvalue weighted by Crippen LogP contribution is 2.16. The molecule has 0 saturated carbocycles. The summed E-state index contributed by atoms with van der Waals surface area (Å²) in [5, 5.41) is 14.1. The van der Waals surface area contributed by atoms with Gasteiger partial charge in [-0.2, -0.15) is 0 Å². The lowest BCUT2D eigenvalue weighted by molar-refractivity contribution is -0.139. The molecule has 0 radical (unpaired) electrons. The lowest BCUT2D eigenvalue weighted by atomic mass is 10.0. The molecule has 2 amide bonds. The summed E-state index contributed by atoms with van der Waals surface area (Å²) in [6.07, 6.45) is 0.376. The van der Waals surface area contributed by atoms with Crippen molar-refractivity contribution < 1.29 is 19.4 Å². The van der Waals surface area contributed by atoms with Gasteiger partial charge in [-0.3, -0.25) is 0 Å². The zero-order valence-corrected chi connectivity index (χ0v) is 11.8. The molecule has 6 nitrogen and oxygen atoms in total. The van der Waals surface area contributed by atoms with E-state index >= 15 is 0 Å². The fourth-order valence-electron chi connectivity index (χ4n) is 1.72. The number of amides is 2. The number of carbonyl (C=O) groups excluding carboxylic acids is 1. The average molecular weight is 280 g/mol. The van der Waals surface area contributed by atoms with Crippen molar-refractivity contribution >= 4 is 17.7 Å². The molecule has 0 bridgehead atoms. The molecule has 1 atom stereocenters. The van der Waals surface area contributed by atoms with Gasteiger partial charge in [0, 0.05) is 11.8 Å². The van der Waals surface area contributed by atoms with E-state index in [1.165, 1.54) is 7.11 Å². The van der Waals surface area contributed by atoms with E-state index in [1.54, 1.807) is 24.3 Å². The van der Waals surface area contributed by atoms with Crippen molar-refractivity contribution in [2.24, 2.45) is 5.92 Å². The first kappa shape index (κ1) is 15.8. The highest BCUT2D eigenvalue weighted by molar-refractivity contribution is 5.92. The Balaban J connectivity index is 2.63. The second-order valence-electron chi connectivity index (χ2n) is 4.85. The lowest BCUT2D eigenvalue weighted by Gasteiger charge is -2.17. The number of aliphatic carboxylic acids is 1. The van der Waals surface area contributed by atoms with Crippen LogP contribution in [0.5, 0.6) is 5.75 Å². The molecule has 110 valence electrons. The normalized spacial score (nSPS) is 11.8. The van der Waals surface area contributed by atoms with Crippen molar-refractivity contribution in [3.63, 3.8) is 0 Å². The van der Waals surface area contributed by atoms with E-state index in [4.69, 9.17) is 9.84 Å². The van der Waals surface area contributed by atoms with Crippen LogP contribution in [0.2, 0.25) is 0 Å². The highest BCUT2D eigenvalue weighted by atomic mass is 16.5. The Morgan fingerprint density at radius 3 is 2.60 bits per heavy atom. The van der Waals surface area contributed by atoms with Crippen molar-refractivity contribution in [3.05, 3.63) is 24.3 Å². The number of carbonyl (C=O) groups is 2. The number of nitrogens with one attached hydrogen (secondary N) is 2. The van der Waals surface area contributed by atoms with Gasteiger partial charge >= 0.3 is 12.0 Å². The molecule has 20 heavy (non-hydrogen) atoms. The van der Waals surface area contributed by atoms with E-state index in [1.807, 2.05) is 13.8 Å². The third-order valence-electron chi connectivity index (χ3n) is 2.64. The predicted molar refractivity (Wildman–Crippen MR) is 76.0 cm³/mol. The van der Waals surface area contributed by atoms with Crippen molar-refractivity contribution in [1.82, 2.24) is 5.32 Å². The van der Waals surface area contributed by atoms with Gasteiger partial charge < -0.3 is 20.5 Å². The van der Waals surface area contributed by atoms with Crippen molar-refractivity contribution in [2.45, 2.75) is 26.3 Å². The topological polar surface area (TPSA) is 87.7 Å². The van der Waals surface area contributed by atoms with E-state index in [9.17, 15) is 9.59 Å². The van der Waals surface area contributed by atoms with Gasteiger partial charge in [-0.1, -0.05) is 19.9 Å². The first-order valence-electron chi connectivity index (χ1n) is 6.36. The molecule has 0 aliphatic rings. The molecule has 0 fully saturated rings. The second kappa shape index (κ2) is 7.37. The minimum Gasteiger partial charge on any atom is -0.497 e. The van der Waals surface area contributed by atoms with Crippen molar-refractivity contribution in [3.8, 4) is 5.75 Å². The Hall–Kier alpha value is -2.24. The zero-order chi connectivity index (χ0) is 15.1. The summed E-state index contributed by atoms with van der Waals surface area (Å²) in [7, 11) is 1.53. The Labute approximate surface area is 118 Å². The maximum absolute atomic E-state index is 11.8. The summed E-state index contributed by atoms with van der Waals surface area (Å²) >= 11 is 0. The fraction of sp³-hybridized carbons (Fsp3) is 0.429. The van der Waals surface area contributed by atoms with Crippen molar-refractivity contribution in [2.75, 3.05) is 12.4 Å². The first-order valence-corrected chi connectivity index (χ1v) is 6.36. The highest BCUT2D eigenvalue weighted by Gasteiger charge is 2.20. The Bertz CT molecular complexity index is 474. The van der Waals surface area contributed by atoms with E-state index in [2.05, 4.69) is 10.6 Å². The molecule has 3 N–H and O–H groups in total. The molecule has 1 aromatic carbocycles. The maximum atomic E-state index is 11.8. The Morgan fingerprint density at radius 2 is 2.05 bits per heavy atom. The van der Waals surface area contributed by atoms with Crippen LogP contribution >= 0.6 is 0 Å². The molecule has 0 spiro atoms. The molecule has 0 aliphatic heterocycles. The minimum absolute atomic E-state index is 0.174. The maximum Gasteiger partial charge on any atom is 0.326 e. The molecular weight excluding hydrogens is 260 g/mol. The molecule has 0 saturated heterocycles. The van der Waals surface area contributed by atoms with Gasteiger partial charge in [-0.25, -0.2) is 9.59 Å². The van der Waals surface area contributed by atoms with Crippen LogP contribution in [0.3, 0.4) is 0 Å². The number of anilines is 1. The number of hydrogen-bond acceptors (Lipinski definition) is 3. The number of carboxylic acids is 1. The number of benzene rings is 1. The van der Waals surface area contributed by atoms with E-state index in [-0.39, 0.29) is 5.92 Å².